The summed E-state index contributed by atoms with van der Waals surface area (Å²) in [4.78, 5) is 34.4. The monoisotopic (exact) mass is 360 g/mol. The number of primary amides is 1. The summed E-state index contributed by atoms with van der Waals surface area (Å²) in [5, 5.41) is 2.32. The molecule has 9 heteroatoms. The Morgan fingerprint density at radius 3 is 2.48 bits per heavy atom. The highest BCUT2D eigenvalue weighted by molar-refractivity contribution is 5.88. The lowest BCUT2D eigenvalue weighted by Crippen LogP contribution is -2.45. The van der Waals surface area contributed by atoms with Crippen molar-refractivity contribution < 1.29 is 32.3 Å². The molecule has 1 atom stereocenters. The number of carbonyl (C=O) groups is 3. The highest BCUT2D eigenvalue weighted by Crippen LogP contribution is 2.29. The third kappa shape index (κ3) is 7.23. The standard InChI is InChI=1S/C16H19F3N2O4/c1-2-25-14(23)7-6-13(22)21-12(15(20)24)9-10-4-3-5-11(8-10)16(17,18)19/h3-5,8,12H,2,6-7,9H2,1H3,(H2,20,24)(H,21,22)/t12-/m0/s1. The lowest BCUT2D eigenvalue weighted by atomic mass is 10.0. The molecule has 0 radical (unpaired) electrons. The van der Waals surface area contributed by atoms with Crippen LogP contribution in [0.4, 0.5) is 13.2 Å². The van der Waals surface area contributed by atoms with E-state index in [0.717, 1.165) is 12.1 Å². The van der Waals surface area contributed by atoms with Crippen molar-refractivity contribution in [2.24, 2.45) is 5.73 Å². The number of nitrogens with two attached hydrogens (primary N) is 1. The quantitative estimate of drug-likeness (QED) is 0.688. The molecule has 6 nitrogen and oxygen atoms in total. The minimum Gasteiger partial charge on any atom is -0.466 e. The van der Waals surface area contributed by atoms with Crippen LogP contribution in [-0.4, -0.2) is 30.4 Å². The number of rotatable bonds is 8. The molecule has 138 valence electrons. The Balaban J connectivity index is 2.70. The van der Waals surface area contributed by atoms with Gasteiger partial charge in [-0.05, 0) is 18.6 Å². The number of nitrogens with one attached hydrogen (secondary N) is 1. The van der Waals surface area contributed by atoms with E-state index in [9.17, 15) is 27.6 Å². The summed E-state index contributed by atoms with van der Waals surface area (Å²) >= 11 is 0. The van der Waals surface area contributed by atoms with Crippen molar-refractivity contribution in [3.63, 3.8) is 0 Å². The molecule has 1 aromatic carbocycles. The van der Waals surface area contributed by atoms with Gasteiger partial charge in [-0.25, -0.2) is 0 Å². The van der Waals surface area contributed by atoms with Crippen LogP contribution >= 0.6 is 0 Å². The number of carbonyl (C=O) groups excluding carboxylic acids is 3. The van der Waals surface area contributed by atoms with E-state index in [1.807, 2.05) is 0 Å². The number of benzene rings is 1. The topological polar surface area (TPSA) is 98.5 Å². The molecule has 0 heterocycles. The van der Waals surface area contributed by atoms with Gasteiger partial charge in [0.15, 0.2) is 0 Å². The fourth-order valence-corrected chi connectivity index (χ4v) is 2.05. The molecule has 1 rings (SSSR count). The van der Waals surface area contributed by atoms with Gasteiger partial charge in [-0.2, -0.15) is 13.2 Å². The highest BCUT2D eigenvalue weighted by Gasteiger charge is 2.30. The molecule has 2 amide bonds. The first kappa shape index (κ1) is 20.5. The van der Waals surface area contributed by atoms with Crippen molar-refractivity contribution >= 4 is 17.8 Å². The maximum absolute atomic E-state index is 12.7. The number of alkyl halides is 3. The average molecular weight is 360 g/mol. The zero-order valence-corrected chi connectivity index (χ0v) is 13.6. The predicted molar refractivity (Wildman–Crippen MR) is 82.1 cm³/mol. The molecule has 0 aliphatic carbocycles. The summed E-state index contributed by atoms with van der Waals surface area (Å²) in [5.74, 6) is -2.07. The van der Waals surface area contributed by atoms with Crippen LogP contribution in [0.2, 0.25) is 0 Å². The van der Waals surface area contributed by atoms with E-state index in [0.29, 0.717) is 0 Å². The van der Waals surface area contributed by atoms with E-state index in [4.69, 9.17) is 5.73 Å². The molecule has 3 N–H and O–H groups in total. The van der Waals surface area contributed by atoms with Crippen LogP contribution in [-0.2, 0) is 31.7 Å². The van der Waals surface area contributed by atoms with E-state index in [1.165, 1.54) is 12.1 Å². The van der Waals surface area contributed by atoms with Crippen molar-refractivity contribution in [1.82, 2.24) is 5.32 Å². The van der Waals surface area contributed by atoms with Crippen molar-refractivity contribution in [1.29, 1.82) is 0 Å². The van der Waals surface area contributed by atoms with Crippen molar-refractivity contribution in [3.05, 3.63) is 35.4 Å². The Morgan fingerprint density at radius 2 is 1.92 bits per heavy atom. The molecule has 0 saturated carbocycles. The molecule has 1 aromatic rings. The first-order valence-electron chi connectivity index (χ1n) is 7.54. The number of esters is 1. The summed E-state index contributed by atoms with van der Waals surface area (Å²) in [6, 6.07) is 3.22. The van der Waals surface area contributed by atoms with Gasteiger partial charge in [0.25, 0.3) is 0 Å². The van der Waals surface area contributed by atoms with Gasteiger partial charge in [0.05, 0.1) is 18.6 Å². The molecular weight excluding hydrogens is 341 g/mol. The lowest BCUT2D eigenvalue weighted by molar-refractivity contribution is -0.144. The van der Waals surface area contributed by atoms with Gasteiger partial charge in [0.2, 0.25) is 11.8 Å². The van der Waals surface area contributed by atoms with E-state index in [2.05, 4.69) is 10.1 Å². The summed E-state index contributed by atoms with van der Waals surface area (Å²) < 4.78 is 42.8. The van der Waals surface area contributed by atoms with Gasteiger partial charge in [-0.3, -0.25) is 14.4 Å². The molecule has 0 aromatic heterocycles. The number of hydrogen-bond donors (Lipinski definition) is 2. The number of halogens is 3. The van der Waals surface area contributed by atoms with Gasteiger partial charge in [0, 0.05) is 12.8 Å². The second kappa shape index (κ2) is 9.05. The Kier molecular flexibility index (Phi) is 7.41. The maximum atomic E-state index is 12.7. The van der Waals surface area contributed by atoms with E-state index in [-0.39, 0.29) is 31.4 Å². The van der Waals surface area contributed by atoms with E-state index >= 15 is 0 Å². The molecular formula is C16H19F3N2O4. The summed E-state index contributed by atoms with van der Waals surface area (Å²) in [6.45, 7) is 1.80. The first-order valence-corrected chi connectivity index (χ1v) is 7.54. The Bertz CT molecular complexity index is 632. The fraction of sp³-hybridized carbons (Fsp3) is 0.438. The zero-order valence-electron chi connectivity index (χ0n) is 13.6. The molecule has 0 aliphatic heterocycles. The third-order valence-corrected chi connectivity index (χ3v) is 3.23. The van der Waals surface area contributed by atoms with Crippen molar-refractivity contribution in [3.8, 4) is 0 Å². The van der Waals surface area contributed by atoms with Crippen LogP contribution in [0.5, 0.6) is 0 Å². The first-order chi connectivity index (χ1) is 11.6. The van der Waals surface area contributed by atoms with Crippen LogP contribution < -0.4 is 11.1 Å². The molecule has 0 unspecified atom stereocenters. The molecule has 0 bridgehead atoms. The van der Waals surface area contributed by atoms with Gasteiger partial charge in [0.1, 0.15) is 6.04 Å². The largest absolute Gasteiger partial charge is 0.466 e. The van der Waals surface area contributed by atoms with Crippen LogP contribution in [0.1, 0.15) is 30.9 Å². The van der Waals surface area contributed by atoms with Gasteiger partial charge in [-0.15, -0.1) is 0 Å². The average Bonchev–Trinajstić information content (AvgIpc) is 2.52. The molecule has 25 heavy (non-hydrogen) atoms. The molecule has 0 aliphatic rings. The maximum Gasteiger partial charge on any atom is 0.416 e. The van der Waals surface area contributed by atoms with Gasteiger partial charge < -0.3 is 15.8 Å². The molecule has 0 saturated heterocycles. The zero-order chi connectivity index (χ0) is 19.0. The smallest absolute Gasteiger partial charge is 0.416 e. The lowest BCUT2D eigenvalue weighted by Gasteiger charge is -2.16. The Morgan fingerprint density at radius 1 is 1.24 bits per heavy atom. The number of hydrogen-bond acceptors (Lipinski definition) is 4. The van der Waals surface area contributed by atoms with Crippen LogP contribution in [0.25, 0.3) is 0 Å². The van der Waals surface area contributed by atoms with Gasteiger partial charge in [-0.1, -0.05) is 18.2 Å². The fourth-order valence-electron chi connectivity index (χ4n) is 2.05. The normalized spacial score (nSPS) is 12.3. The Labute approximate surface area is 142 Å². The van der Waals surface area contributed by atoms with Crippen LogP contribution in [0.3, 0.4) is 0 Å². The number of amides is 2. The molecule has 0 fully saturated rings. The van der Waals surface area contributed by atoms with E-state index < -0.39 is 35.6 Å². The van der Waals surface area contributed by atoms with Crippen LogP contribution in [0.15, 0.2) is 24.3 Å². The number of ether oxygens (including phenoxy) is 1. The third-order valence-electron chi connectivity index (χ3n) is 3.23. The van der Waals surface area contributed by atoms with Crippen LogP contribution in [0, 0.1) is 0 Å². The van der Waals surface area contributed by atoms with Crippen molar-refractivity contribution in [2.75, 3.05) is 6.61 Å². The second-order valence-corrected chi connectivity index (χ2v) is 5.23. The highest BCUT2D eigenvalue weighted by atomic mass is 19.4. The SMILES string of the molecule is CCOC(=O)CCC(=O)N[C@@H](Cc1cccc(C(F)(F)F)c1)C(N)=O. The summed E-state index contributed by atoms with van der Waals surface area (Å²) in [6.07, 6.45) is -5.09. The molecule has 0 spiro atoms. The second-order valence-electron chi connectivity index (χ2n) is 5.23. The van der Waals surface area contributed by atoms with Crippen molar-refractivity contribution in [2.45, 2.75) is 38.4 Å². The Hall–Kier alpha value is -2.58. The minimum absolute atomic E-state index is 0.172. The van der Waals surface area contributed by atoms with Gasteiger partial charge >= 0.3 is 12.1 Å². The summed E-state index contributed by atoms with van der Waals surface area (Å²) in [5.41, 5.74) is 4.53. The minimum atomic E-state index is -4.51. The summed E-state index contributed by atoms with van der Waals surface area (Å²) in [7, 11) is 0. The predicted octanol–water partition coefficient (Wildman–Crippen LogP) is 1.56. The van der Waals surface area contributed by atoms with E-state index in [1.54, 1.807) is 6.92 Å².